The van der Waals surface area contributed by atoms with Gasteiger partial charge in [0.15, 0.2) is 0 Å². The fourth-order valence-electron chi connectivity index (χ4n) is 1.30. The van der Waals surface area contributed by atoms with Crippen molar-refractivity contribution in [3.8, 4) is 0 Å². The molecule has 1 aromatic rings. The monoisotopic (exact) mass is 253 g/mol. The van der Waals surface area contributed by atoms with E-state index in [0.29, 0.717) is 23.6 Å². The van der Waals surface area contributed by atoms with Gasteiger partial charge < -0.3 is 10.1 Å². The summed E-state index contributed by atoms with van der Waals surface area (Å²) in [5.74, 6) is -0.196. The van der Waals surface area contributed by atoms with Gasteiger partial charge in [-0.3, -0.25) is 4.79 Å². The van der Waals surface area contributed by atoms with Crippen molar-refractivity contribution in [2.24, 2.45) is 0 Å². The zero-order valence-corrected chi connectivity index (χ0v) is 10.7. The van der Waals surface area contributed by atoms with Crippen LogP contribution in [0.1, 0.15) is 17.3 Å². The molecule has 1 amide bonds. The Balaban J connectivity index is 2.84. The van der Waals surface area contributed by atoms with Crippen LogP contribution in [0.25, 0.3) is 0 Å². The molecule has 0 fully saturated rings. The molecule has 0 saturated carbocycles. The summed E-state index contributed by atoms with van der Waals surface area (Å²) >= 11 is 1.43. The average molecular weight is 253 g/mol. The minimum Gasteiger partial charge on any atom is -0.462 e. The Bertz CT molecular complexity index is 406. The van der Waals surface area contributed by atoms with E-state index >= 15 is 0 Å². The molecule has 92 valence electrons. The van der Waals surface area contributed by atoms with Crippen molar-refractivity contribution in [3.63, 3.8) is 0 Å². The number of anilines is 1. The van der Waals surface area contributed by atoms with Gasteiger partial charge in [-0.2, -0.15) is 11.8 Å². The summed E-state index contributed by atoms with van der Waals surface area (Å²) in [4.78, 5) is 23.1. The molecular weight excluding hydrogens is 238 g/mol. The third-order valence-corrected chi connectivity index (χ3v) is 2.52. The van der Waals surface area contributed by atoms with Gasteiger partial charge in [-0.1, -0.05) is 12.1 Å². The summed E-state index contributed by atoms with van der Waals surface area (Å²) in [5, 5.41) is 2.69. The molecule has 0 atom stereocenters. The predicted molar refractivity (Wildman–Crippen MR) is 69.4 cm³/mol. The minimum atomic E-state index is -0.424. The highest BCUT2D eigenvalue weighted by Crippen LogP contribution is 2.16. The largest absolute Gasteiger partial charge is 0.462 e. The molecule has 4 nitrogen and oxygen atoms in total. The SMILES string of the molecule is CCOC(=O)c1ccccc1NC(=O)CSC. The fraction of sp³-hybridized carbons (Fsp3) is 0.333. The van der Waals surface area contributed by atoms with Crippen LogP contribution < -0.4 is 5.32 Å². The Morgan fingerprint density at radius 2 is 2.06 bits per heavy atom. The second kappa shape index (κ2) is 6.96. The van der Waals surface area contributed by atoms with E-state index in [1.165, 1.54) is 11.8 Å². The van der Waals surface area contributed by atoms with E-state index in [1.807, 2.05) is 6.26 Å². The van der Waals surface area contributed by atoms with E-state index < -0.39 is 5.97 Å². The summed E-state index contributed by atoms with van der Waals surface area (Å²) in [6, 6.07) is 6.81. The molecule has 0 heterocycles. The molecule has 0 aliphatic rings. The van der Waals surface area contributed by atoms with Crippen LogP contribution in [0.15, 0.2) is 24.3 Å². The molecule has 0 bridgehead atoms. The Kier molecular flexibility index (Phi) is 5.56. The lowest BCUT2D eigenvalue weighted by atomic mass is 10.2. The Morgan fingerprint density at radius 3 is 2.71 bits per heavy atom. The van der Waals surface area contributed by atoms with Gasteiger partial charge in [0.1, 0.15) is 0 Å². The van der Waals surface area contributed by atoms with E-state index in [-0.39, 0.29) is 5.91 Å². The van der Waals surface area contributed by atoms with Crippen LogP contribution in [-0.4, -0.2) is 30.5 Å². The number of hydrogen-bond donors (Lipinski definition) is 1. The van der Waals surface area contributed by atoms with Gasteiger partial charge in [-0.15, -0.1) is 0 Å². The van der Waals surface area contributed by atoms with Crippen LogP contribution in [-0.2, 0) is 9.53 Å². The van der Waals surface area contributed by atoms with Crippen molar-refractivity contribution in [1.82, 2.24) is 0 Å². The summed E-state index contributed by atoms with van der Waals surface area (Å²) in [6.45, 7) is 2.05. The molecule has 1 N–H and O–H groups in total. The summed E-state index contributed by atoms with van der Waals surface area (Å²) in [6.07, 6.45) is 1.84. The van der Waals surface area contributed by atoms with Gasteiger partial charge in [0.2, 0.25) is 5.91 Å². The highest BCUT2D eigenvalue weighted by molar-refractivity contribution is 7.99. The molecule has 0 saturated heterocycles. The molecule has 0 spiro atoms. The Morgan fingerprint density at radius 1 is 1.35 bits per heavy atom. The average Bonchev–Trinajstić information content (AvgIpc) is 2.30. The van der Waals surface area contributed by atoms with Crippen molar-refractivity contribution >= 4 is 29.3 Å². The highest BCUT2D eigenvalue weighted by atomic mass is 32.2. The first-order chi connectivity index (χ1) is 8.19. The molecular formula is C12H15NO3S. The van der Waals surface area contributed by atoms with E-state index in [0.717, 1.165) is 0 Å². The van der Waals surface area contributed by atoms with Crippen LogP contribution in [0.4, 0.5) is 5.69 Å². The predicted octanol–water partition coefficient (Wildman–Crippen LogP) is 2.16. The molecule has 0 aliphatic carbocycles. The number of esters is 1. The molecule has 17 heavy (non-hydrogen) atoms. The quantitative estimate of drug-likeness (QED) is 0.817. The van der Waals surface area contributed by atoms with Gasteiger partial charge in [0, 0.05) is 0 Å². The van der Waals surface area contributed by atoms with Gasteiger partial charge in [0.05, 0.1) is 23.6 Å². The fourth-order valence-corrected chi connectivity index (χ4v) is 1.63. The first kappa shape index (κ1) is 13.6. The third kappa shape index (κ3) is 4.11. The zero-order chi connectivity index (χ0) is 12.7. The molecule has 0 aliphatic heterocycles. The number of para-hydroxylation sites is 1. The first-order valence-corrected chi connectivity index (χ1v) is 6.63. The molecule has 0 radical (unpaired) electrons. The second-order valence-electron chi connectivity index (χ2n) is 3.25. The van der Waals surface area contributed by atoms with Crippen molar-refractivity contribution in [3.05, 3.63) is 29.8 Å². The topological polar surface area (TPSA) is 55.4 Å². The van der Waals surface area contributed by atoms with Gasteiger partial charge in [0.25, 0.3) is 0 Å². The smallest absolute Gasteiger partial charge is 0.340 e. The molecule has 1 aromatic carbocycles. The minimum absolute atomic E-state index is 0.130. The number of nitrogens with one attached hydrogen (secondary N) is 1. The standard InChI is InChI=1S/C12H15NO3S/c1-3-16-12(15)9-6-4-5-7-10(9)13-11(14)8-17-2/h4-7H,3,8H2,1-2H3,(H,13,14). The highest BCUT2D eigenvalue weighted by Gasteiger charge is 2.13. The Labute approximate surface area is 105 Å². The lowest BCUT2D eigenvalue weighted by molar-refractivity contribution is -0.113. The van der Waals surface area contributed by atoms with Gasteiger partial charge in [-0.05, 0) is 25.3 Å². The van der Waals surface area contributed by atoms with Crippen LogP contribution >= 0.6 is 11.8 Å². The van der Waals surface area contributed by atoms with Crippen LogP contribution in [0, 0.1) is 0 Å². The maximum Gasteiger partial charge on any atom is 0.340 e. The summed E-state index contributed by atoms with van der Waals surface area (Å²) in [7, 11) is 0. The van der Waals surface area contributed by atoms with Crippen molar-refractivity contribution < 1.29 is 14.3 Å². The van der Waals surface area contributed by atoms with Crippen LogP contribution in [0.3, 0.4) is 0 Å². The van der Waals surface area contributed by atoms with E-state index in [4.69, 9.17) is 4.74 Å². The molecule has 0 aromatic heterocycles. The maximum absolute atomic E-state index is 11.6. The van der Waals surface area contributed by atoms with Crippen molar-refractivity contribution in [1.29, 1.82) is 0 Å². The molecule has 0 unspecified atom stereocenters. The summed E-state index contributed by atoms with van der Waals surface area (Å²) < 4.78 is 4.91. The summed E-state index contributed by atoms with van der Waals surface area (Å²) in [5.41, 5.74) is 0.869. The number of carbonyl (C=O) groups is 2. The van der Waals surface area contributed by atoms with E-state index in [2.05, 4.69) is 5.32 Å². The molecule has 1 rings (SSSR count). The number of carbonyl (C=O) groups excluding carboxylic acids is 2. The van der Waals surface area contributed by atoms with E-state index in [1.54, 1.807) is 31.2 Å². The number of amides is 1. The first-order valence-electron chi connectivity index (χ1n) is 5.24. The number of benzene rings is 1. The molecule has 5 heteroatoms. The number of thioether (sulfide) groups is 1. The van der Waals surface area contributed by atoms with E-state index in [9.17, 15) is 9.59 Å². The number of hydrogen-bond acceptors (Lipinski definition) is 4. The maximum atomic E-state index is 11.6. The van der Waals surface area contributed by atoms with Gasteiger partial charge in [-0.25, -0.2) is 4.79 Å². The van der Waals surface area contributed by atoms with Crippen molar-refractivity contribution in [2.75, 3.05) is 23.9 Å². The van der Waals surface area contributed by atoms with Gasteiger partial charge >= 0.3 is 5.97 Å². The van der Waals surface area contributed by atoms with Crippen molar-refractivity contribution in [2.45, 2.75) is 6.92 Å². The van der Waals surface area contributed by atoms with Crippen LogP contribution in [0.5, 0.6) is 0 Å². The van der Waals surface area contributed by atoms with Crippen LogP contribution in [0.2, 0.25) is 0 Å². The number of ether oxygens (including phenoxy) is 1. The second-order valence-corrected chi connectivity index (χ2v) is 4.11. The lowest BCUT2D eigenvalue weighted by Crippen LogP contribution is -2.17. The number of rotatable bonds is 5. The lowest BCUT2D eigenvalue weighted by Gasteiger charge is -2.09. The zero-order valence-electron chi connectivity index (χ0n) is 9.86. The Hall–Kier alpha value is -1.49. The third-order valence-electron chi connectivity index (χ3n) is 1.97. The normalized spacial score (nSPS) is 9.76.